The molecule has 2 aromatic carbocycles. The summed E-state index contributed by atoms with van der Waals surface area (Å²) in [7, 11) is 0. The van der Waals surface area contributed by atoms with E-state index >= 15 is 0 Å². The SMILES string of the molecule is Cc1cccc(C)c1NC(=O)C(C)c1ccccc1. The molecule has 0 fully saturated rings. The van der Waals surface area contributed by atoms with Crippen molar-refractivity contribution in [1.82, 2.24) is 0 Å². The number of carbonyl (C=O) groups is 1. The van der Waals surface area contributed by atoms with E-state index in [1.165, 1.54) is 0 Å². The Morgan fingerprint density at radius 1 is 0.947 bits per heavy atom. The Bertz CT molecular complexity index is 555. The molecule has 2 rings (SSSR count). The van der Waals surface area contributed by atoms with Gasteiger partial charge in [-0.05, 0) is 37.5 Å². The van der Waals surface area contributed by atoms with E-state index in [9.17, 15) is 4.79 Å². The Labute approximate surface area is 114 Å². The van der Waals surface area contributed by atoms with Crippen molar-refractivity contribution in [3.63, 3.8) is 0 Å². The smallest absolute Gasteiger partial charge is 0.231 e. The molecule has 1 atom stereocenters. The first-order chi connectivity index (χ1) is 9.09. The van der Waals surface area contributed by atoms with Crippen LogP contribution in [-0.2, 0) is 4.79 Å². The number of anilines is 1. The highest BCUT2D eigenvalue weighted by atomic mass is 16.1. The molecule has 2 aromatic rings. The van der Waals surface area contributed by atoms with Gasteiger partial charge in [-0.2, -0.15) is 0 Å². The van der Waals surface area contributed by atoms with E-state index in [4.69, 9.17) is 0 Å². The lowest BCUT2D eigenvalue weighted by Gasteiger charge is -2.15. The van der Waals surface area contributed by atoms with Crippen LogP contribution in [0.2, 0.25) is 0 Å². The van der Waals surface area contributed by atoms with Crippen LogP contribution < -0.4 is 5.32 Å². The summed E-state index contributed by atoms with van der Waals surface area (Å²) in [6, 6.07) is 15.9. The molecular weight excluding hydrogens is 234 g/mol. The summed E-state index contributed by atoms with van der Waals surface area (Å²) in [6.45, 7) is 5.95. The van der Waals surface area contributed by atoms with Crippen LogP contribution in [0.1, 0.15) is 29.5 Å². The van der Waals surface area contributed by atoms with Gasteiger partial charge in [-0.25, -0.2) is 0 Å². The molecule has 0 heterocycles. The zero-order valence-corrected chi connectivity index (χ0v) is 11.6. The molecule has 1 N–H and O–H groups in total. The number of carbonyl (C=O) groups excluding carboxylic acids is 1. The van der Waals surface area contributed by atoms with Crippen molar-refractivity contribution in [1.29, 1.82) is 0 Å². The van der Waals surface area contributed by atoms with Crippen molar-refractivity contribution in [2.45, 2.75) is 26.7 Å². The van der Waals surface area contributed by atoms with Crippen LogP contribution in [0.5, 0.6) is 0 Å². The van der Waals surface area contributed by atoms with Gasteiger partial charge in [-0.1, -0.05) is 48.5 Å². The number of nitrogens with one attached hydrogen (secondary N) is 1. The van der Waals surface area contributed by atoms with E-state index in [2.05, 4.69) is 5.32 Å². The molecule has 0 saturated carbocycles. The van der Waals surface area contributed by atoms with Gasteiger partial charge in [0, 0.05) is 5.69 Å². The predicted octanol–water partition coefficient (Wildman–Crippen LogP) is 4.05. The molecule has 1 unspecified atom stereocenters. The predicted molar refractivity (Wildman–Crippen MR) is 79.4 cm³/mol. The summed E-state index contributed by atoms with van der Waals surface area (Å²) in [5.74, 6) is -0.121. The van der Waals surface area contributed by atoms with E-state index in [0.29, 0.717) is 0 Å². The minimum atomic E-state index is -0.153. The summed E-state index contributed by atoms with van der Waals surface area (Å²) in [5, 5.41) is 3.04. The van der Waals surface area contributed by atoms with Gasteiger partial charge in [0.05, 0.1) is 5.92 Å². The molecule has 0 saturated heterocycles. The number of para-hydroxylation sites is 1. The molecule has 0 aliphatic carbocycles. The molecule has 2 heteroatoms. The molecule has 98 valence electrons. The third-order valence-corrected chi connectivity index (χ3v) is 3.42. The van der Waals surface area contributed by atoms with Crippen LogP contribution in [-0.4, -0.2) is 5.91 Å². The largest absolute Gasteiger partial charge is 0.325 e. The first-order valence-electron chi connectivity index (χ1n) is 6.51. The van der Waals surface area contributed by atoms with Crippen LogP contribution in [0.15, 0.2) is 48.5 Å². The fourth-order valence-corrected chi connectivity index (χ4v) is 2.14. The van der Waals surface area contributed by atoms with E-state index < -0.39 is 0 Å². The molecule has 0 radical (unpaired) electrons. The fraction of sp³-hybridized carbons (Fsp3) is 0.235. The van der Waals surface area contributed by atoms with Crippen molar-refractivity contribution in [2.24, 2.45) is 0 Å². The number of hydrogen-bond donors (Lipinski definition) is 1. The summed E-state index contributed by atoms with van der Waals surface area (Å²) >= 11 is 0. The Morgan fingerprint density at radius 3 is 2.11 bits per heavy atom. The number of hydrogen-bond acceptors (Lipinski definition) is 1. The number of aryl methyl sites for hydroxylation is 2. The van der Waals surface area contributed by atoms with Crippen molar-refractivity contribution in [2.75, 3.05) is 5.32 Å². The van der Waals surface area contributed by atoms with E-state index in [0.717, 1.165) is 22.4 Å². The minimum Gasteiger partial charge on any atom is -0.325 e. The van der Waals surface area contributed by atoms with Crippen LogP contribution in [0.3, 0.4) is 0 Å². The van der Waals surface area contributed by atoms with Gasteiger partial charge in [0.25, 0.3) is 0 Å². The number of benzene rings is 2. The molecule has 0 aromatic heterocycles. The van der Waals surface area contributed by atoms with Crippen molar-refractivity contribution < 1.29 is 4.79 Å². The molecule has 1 amide bonds. The number of amides is 1. The van der Waals surface area contributed by atoms with E-state index in [1.54, 1.807) is 0 Å². The second-order valence-corrected chi connectivity index (χ2v) is 4.89. The fourth-order valence-electron chi connectivity index (χ4n) is 2.14. The van der Waals surface area contributed by atoms with Gasteiger partial charge < -0.3 is 5.32 Å². The summed E-state index contributed by atoms with van der Waals surface area (Å²) in [5.41, 5.74) is 4.14. The number of rotatable bonds is 3. The second-order valence-electron chi connectivity index (χ2n) is 4.89. The third kappa shape index (κ3) is 3.02. The second kappa shape index (κ2) is 5.70. The van der Waals surface area contributed by atoms with Crippen molar-refractivity contribution in [3.8, 4) is 0 Å². The van der Waals surface area contributed by atoms with Crippen molar-refractivity contribution in [3.05, 3.63) is 65.2 Å². The highest BCUT2D eigenvalue weighted by molar-refractivity contribution is 5.96. The Balaban J connectivity index is 2.18. The normalized spacial score (nSPS) is 11.9. The molecule has 0 spiro atoms. The van der Waals surface area contributed by atoms with Crippen LogP contribution in [0.4, 0.5) is 5.69 Å². The topological polar surface area (TPSA) is 29.1 Å². The standard InChI is InChI=1S/C17H19NO/c1-12-8-7-9-13(2)16(12)18-17(19)14(3)15-10-5-4-6-11-15/h4-11,14H,1-3H3,(H,18,19). The zero-order valence-electron chi connectivity index (χ0n) is 11.6. The average Bonchev–Trinajstić information content (AvgIpc) is 2.43. The first kappa shape index (κ1) is 13.3. The average molecular weight is 253 g/mol. The van der Waals surface area contributed by atoms with Gasteiger partial charge in [-0.3, -0.25) is 4.79 Å². The maximum Gasteiger partial charge on any atom is 0.231 e. The van der Waals surface area contributed by atoms with Gasteiger partial charge >= 0.3 is 0 Å². The van der Waals surface area contributed by atoms with Crippen LogP contribution >= 0.6 is 0 Å². The van der Waals surface area contributed by atoms with E-state index in [1.807, 2.05) is 69.3 Å². The minimum absolute atomic E-state index is 0.0311. The van der Waals surface area contributed by atoms with Crippen LogP contribution in [0.25, 0.3) is 0 Å². The highest BCUT2D eigenvalue weighted by Crippen LogP contribution is 2.22. The lowest BCUT2D eigenvalue weighted by Crippen LogP contribution is -2.20. The lowest BCUT2D eigenvalue weighted by atomic mass is 10.00. The molecule has 0 bridgehead atoms. The monoisotopic (exact) mass is 253 g/mol. The molecule has 0 aliphatic rings. The Kier molecular flexibility index (Phi) is 4.00. The Morgan fingerprint density at radius 2 is 1.53 bits per heavy atom. The molecular formula is C17H19NO. The zero-order chi connectivity index (χ0) is 13.8. The lowest BCUT2D eigenvalue weighted by molar-refractivity contribution is -0.117. The molecule has 19 heavy (non-hydrogen) atoms. The maximum absolute atomic E-state index is 12.3. The summed E-state index contributed by atoms with van der Waals surface area (Å²) in [4.78, 5) is 12.3. The van der Waals surface area contributed by atoms with Gasteiger partial charge in [-0.15, -0.1) is 0 Å². The maximum atomic E-state index is 12.3. The van der Waals surface area contributed by atoms with Crippen LogP contribution in [0, 0.1) is 13.8 Å². The molecule has 2 nitrogen and oxygen atoms in total. The summed E-state index contributed by atoms with van der Waals surface area (Å²) < 4.78 is 0. The molecule has 0 aliphatic heterocycles. The highest BCUT2D eigenvalue weighted by Gasteiger charge is 2.16. The van der Waals surface area contributed by atoms with Crippen molar-refractivity contribution >= 4 is 11.6 Å². The van der Waals surface area contributed by atoms with Gasteiger partial charge in [0.15, 0.2) is 0 Å². The van der Waals surface area contributed by atoms with Gasteiger partial charge in [0.2, 0.25) is 5.91 Å². The quantitative estimate of drug-likeness (QED) is 0.878. The first-order valence-corrected chi connectivity index (χ1v) is 6.51. The van der Waals surface area contributed by atoms with Gasteiger partial charge in [0.1, 0.15) is 0 Å². The third-order valence-electron chi connectivity index (χ3n) is 3.42. The van der Waals surface area contributed by atoms with E-state index in [-0.39, 0.29) is 11.8 Å². The summed E-state index contributed by atoms with van der Waals surface area (Å²) in [6.07, 6.45) is 0. The Hall–Kier alpha value is -2.09.